The Morgan fingerprint density at radius 3 is 2.44 bits per heavy atom. The van der Waals surface area contributed by atoms with Crippen molar-refractivity contribution in [3.05, 3.63) is 108 Å². The number of aryl methyl sites for hydroxylation is 2. The Balaban J connectivity index is 1.52. The highest BCUT2D eigenvalue weighted by Gasteiger charge is 2.14. The summed E-state index contributed by atoms with van der Waals surface area (Å²) in [6.07, 6.45) is 9.66. The minimum Gasteiger partial charge on any atom is -0.493 e. The van der Waals surface area contributed by atoms with Crippen LogP contribution in [0.15, 0.2) is 91.2 Å². The number of nitrogens with two attached hydrogens (primary N) is 1. The van der Waals surface area contributed by atoms with Gasteiger partial charge in [0.25, 0.3) is 0 Å². The molecule has 5 heteroatoms. The number of rotatable bonds is 19. The predicted molar refractivity (Wildman–Crippen MR) is 158 cm³/mol. The van der Waals surface area contributed by atoms with Gasteiger partial charge in [-0.1, -0.05) is 67.2 Å². The lowest BCUT2D eigenvalue weighted by molar-refractivity contribution is 0.101. The highest BCUT2D eigenvalue weighted by molar-refractivity contribution is 5.94. The fourth-order valence-corrected chi connectivity index (χ4v) is 4.60. The maximum absolute atomic E-state index is 11.8. The summed E-state index contributed by atoms with van der Waals surface area (Å²) >= 11 is 0. The maximum atomic E-state index is 11.8. The first-order valence-electron chi connectivity index (χ1n) is 14.1. The van der Waals surface area contributed by atoms with E-state index < -0.39 is 0 Å². The molecule has 0 aliphatic rings. The van der Waals surface area contributed by atoms with Gasteiger partial charge in [0.1, 0.15) is 17.3 Å². The fraction of sp³-hybridized carbons (Fsp3) is 0.382. The lowest BCUT2D eigenvalue weighted by atomic mass is 10.0. The molecule has 0 radical (unpaired) electrons. The van der Waals surface area contributed by atoms with Crippen molar-refractivity contribution in [3.63, 3.8) is 0 Å². The summed E-state index contributed by atoms with van der Waals surface area (Å²) < 4.78 is 12.6. The van der Waals surface area contributed by atoms with Crippen LogP contribution in [0.4, 0.5) is 0 Å². The number of Topliss-reactive ketones (excluding diaryl/α,β-unsaturated/α-hetero) is 1. The average Bonchev–Trinajstić information content (AvgIpc) is 2.96. The van der Waals surface area contributed by atoms with E-state index in [1.54, 1.807) is 6.92 Å². The van der Waals surface area contributed by atoms with Crippen LogP contribution in [-0.4, -0.2) is 18.5 Å². The molecular weight excluding hydrogens is 486 g/mol. The van der Waals surface area contributed by atoms with Gasteiger partial charge < -0.3 is 14.3 Å². The van der Waals surface area contributed by atoms with E-state index in [0.717, 1.165) is 75.9 Å². The summed E-state index contributed by atoms with van der Waals surface area (Å²) in [5.74, 6) is 7.50. The van der Waals surface area contributed by atoms with Crippen molar-refractivity contribution in [3.8, 4) is 11.5 Å². The Hall–Kier alpha value is -3.57. The molecule has 5 nitrogen and oxygen atoms in total. The standard InChI is InChI=1S/C34H43NO4/c1-27(39-35)14-8-10-20-32(38-33-21-13-19-31(26-33)28(2)36)24-23-30-18-9-11-22-34(30)37-25-12-4-7-17-29-15-5-3-6-16-29/h3,5-6,9,11,13,15-16,18-19,21-22,26,32H,1,4,7-8,10,12,14,17,20,23-25,35H2,2H3. The molecule has 1 atom stereocenters. The predicted octanol–water partition coefficient (Wildman–Crippen LogP) is 8.03. The molecule has 0 saturated heterocycles. The van der Waals surface area contributed by atoms with Crippen molar-refractivity contribution >= 4 is 5.78 Å². The molecule has 3 aromatic rings. The monoisotopic (exact) mass is 529 g/mol. The second-order valence-corrected chi connectivity index (χ2v) is 10.0. The van der Waals surface area contributed by atoms with Crippen LogP contribution in [0, 0.1) is 0 Å². The van der Waals surface area contributed by atoms with E-state index in [1.165, 1.54) is 17.5 Å². The number of unbranched alkanes of at least 4 members (excludes halogenated alkanes) is 3. The van der Waals surface area contributed by atoms with Crippen molar-refractivity contribution in [2.45, 2.75) is 77.2 Å². The van der Waals surface area contributed by atoms with Crippen molar-refractivity contribution in [2.24, 2.45) is 5.90 Å². The van der Waals surface area contributed by atoms with E-state index in [9.17, 15) is 4.79 Å². The lowest BCUT2D eigenvalue weighted by Crippen LogP contribution is -2.18. The molecule has 3 aromatic carbocycles. The number of hydrogen-bond donors (Lipinski definition) is 1. The van der Waals surface area contributed by atoms with E-state index >= 15 is 0 Å². The normalized spacial score (nSPS) is 11.5. The van der Waals surface area contributed by atoms with E-state index in [1.807, 2.05) is 30.3 Å². The zero-order chi connectivity index (χ0) is 27.7. The van der Waals surface area contributed by atoms with Gasteiger partial charge in [-0.25, -0.2) is 0 Å². The van der Waals surface area contributed by atoms with Crippen LogP contribution < -0.4 is 15.4 Å². The largest absolute Gasteiger partial charge is 0.493 e. The van der Waals surface area contributed by atoms with E-state index in [0.29, 0.717) is 11.3 Å². The van der Waals surface area contributed by atoms with Gasteiger partial charge in [-0.3, -0.25) is 4.79 Å². The molecule has 0 fully saturated rings. The molecule has 0 spiro atoms. The molecule has 0 saturated carbocycles. The van der Waals surface area contributed by atoms with Crippen molar-refractivity contribution in [1.82, 2.24) is 0 Å². The second kappa shape index (κ2) is 17.1. The molecule has 3 rings (SSSR count). The molecule has 0 aromatic heterocycles. The van der Waals surface area contributed by atoms with E-state index in [4.69, 9.17) is 20.2 Å². The number of ether oxygens (including phenoxy) is 2. The van der Waals surface area contributed by atoms with Crippen LogP contribution in [-0.2, 0) is 17.7 Å². The molecule has 0 bridgehead atoms. The number of allylic oxidation sites excluding steroid dienone is 1. The third-order valence-corrected chi connectivity index (χ3v) is 6.86. The smallest absolute Gasteiger partial charge is 0.159 e. The summed E-state index contributed by atoms with van der Waals surface area (Å²) in [6, 6.07) is 26.4. The number of carbonyl (C=O) groups is 1. The molecule has 0 heterocycles. The van der Waals surface area contributed by atoms with Gasteiger partial charge in [0.15, 0.2) is 5.78 Å². The Bertz CT molecular complexity index is 1140. The van der Waals surface area contributed by atoms with Crippen LogP contribution in [0.2, 0.25) is 0 Å². The SMILES string of the molecule is C=C(CCCCC(CCc1ccccc1OCCCCCc1ccccc1)Oc1cccc(C(C)=O)c1)ON. The summed E-state index contributed by atoms with van der Waals surface area (Å²) in [5.41, 5.74) is 3.24. The van der Waals surface area contributed by atoms with Crippen LogP contribution in [0.3, 0.4) is 0 Å². The van der Waals surface area contributed by atoms with Gasteiger partial charge in [-0.15, -0.1) is 0 Å². The van der Waals surface area contributed by atoms with Crippen LogP contribution in [0.5, 0.6) is 11.5 Å². The highest BCUT2D eigenvalue weighted by Crippen LogP contribution is 2.25. The van der Waals surface area contributed by atoms with Crippen molar-refractivity contribution < 1.29 is 19.1 Å². The Morgan fingerprint density at radius 1 is 0.846 bits per heavy atom. The Kier molecular flexibility index (Phi) is 13.1. The van der Waals surface area contributed by atoms with Gasteiger partial charge in [-0.05, 0) is 94.0 Å². The van der Waals surface area contributed by atoms with Crippen molar-refractivity contribution in [1.29, 1.82) is 0 Å². The fourth-order valence-electron chi connectivity index (χ4n) is 4.60. The summed E-state index contributed by atoms with van der Waals surface area (Å²) in [7, 11) is 0. The zero-order valence-corrected chi connectivity index (χ0v) is 23.3. The van der Waals surface area contributed by atoms with Gasteiger partial charge in [0, 0.05) is 12.0 Å². The third kappa shape index (κ3) is 11.4. The zero-order valence-electron chi connectivity index (χ0n) is 23.3. The maximum Gasteiger partial charge on any atom is 0.159 e. The number of ketones is 1. The first-order valence-corrected chi connectivity index (χ1v) is 14.1. The minimum atomic E-state index is 0.00492. The quantitative estimate of drug-likeness (QED) is 0.0737. The van der Waals surface area contributed by atoms with Crippen LogP contribution in [0.25, 0.3) is 0 Å². The molecule has 0 aliphatic heterocycles. The second-order valence-electron chi connectivity index (χ2n) is 10.0. The van der Waals surface area contributed by atoms with E-state index in [2.05, 4.69) is 55.1 Å². The molecular formula is C34H43NO4. The molecule has 2 N–H and O–H groups in total. The van der Waals surface area contributed by atoms with Crippen molar-refractivity contribution in [2.75, 3.05) is 6.61 Å². The average molecular weight is 530 g/mol. The van der Waals surface area contributed by atoms with Gasteiger partial charge >= 0.3 is 0 Å². The summed E-state index contributed by atoms with van der Waals surface area (Å²) in [4.78, 5) is 16.6. The number of para-hydroxylation sites is 1. The van der Waals surface area contributed by atoms with Gasteiger partial charge in [0.05, 0.1) is 12.7 Å². The Labute approximate surface area is 233 Å². The molecule has 0 amide bonds. The molecule has 1 unspecified atom stereocenters. The first-order chi connectivity index (χ1) is 19.0. The van der Waals surface area contributed by atoms with Gasteiger partial charge in [0.2, 0.25) is 0 Å². The Morgan fingerprint density at radius 2 is 1.64 bits per heavy atom. The molecule has 208 valence electrons. The highest BCUT2D eigenvalue weighted by atomic mass is 16.6. The number of hydrogen-bond acceptors (Lipinski definition) is 5. The summed E-state index contributed by atoms with van der Waals surface area (Å²) in [5, 5.41) is 0. The third-order valence-electron chi connectivity index (χ3n) is 6.86. The minimum absolute atomic E-state index is 0.00492. The summed E-state index contributed by atoms with van der Waals surface area (Å²) in [6.45, 7) is 6.09. The van der Waals surface area contributed by atoms with Crippen LogP contribution >= 0.6 is 0 Å². The van der Waals surface area contributed by atoms with Crippen LogP contribution in [0.1, 0.15) is 79.8 Å². The molecule has 0 aliphatic carbocycles. The van der Waals surface area contributed by atoms with E-state index in [-0.39, 0.29) is 11.9 Å². The first kappa shape index (κ1) is 30.0. The lowest BCUT2D eigenvalue weighted by Gasteiger charge is -2.20. The topological polar surface area (TPSA) is 70.8 Å². The number of carbonyl (C=O) groups excluding carboxylic acids is 1. The number of benzene rings is 3. The molecule has 39 heavy (non-hydrogen) atoms. The van der Waals surface area contributed by atoms with Gasteiger partial charge in [-0.2, -0.15) is 5.90 Å².